The lowest BCUT2D eigenvalue weighted by Crippen LogP contribution is -2.45. The Morgan fingerprint density at radius 1 is 0.939 bits per heavy atom. The lowest BCUT2D eigenvalue weighted by atomic mass is 9.72. The summed E-state index contributed by atoms with van der Waals surface area (Å²) in [5, 5.41) is 3.49. The van der Waals surface area contributed by atoms with Gasteiger partial charge in [-0.15, -0.1) is 0 Å². The van der Waals surface area contributed by atoms with E-state index in [0.717, 1.165) is 34.9 Å². The van der Waals surface area contributed by atoms with E-state index >= 15 is 0 Å². The van der Waals surface area contributed by atoms with Crippen molar-refractivity contribution in [3.63, 3.8) is 0 Å². The number of piperidine rings is 1. The van der Waals surface area contributed by atoms with Crippen LogP contribution in [0.3, 0.4) is 0 Å². The van der Waals surface area contributed by atoms with E-state index in [0.29, 0.717) is 13.2 Å². The second-order valence-electron chi connectivity index (χ2n) is 7.03. The third-order valence-corrected chi connectivity index (χ3v) is 5.52. The molecule has 6 heteroatoms. The van der Waals surface area contributed by atoms with Gasteiger partial charge in [-0.2, -0.15) is 0 Å². The van der Waals surface area contributed by atoms with Crippen LogP contribution >= 0.6 is 0 Å². The topological polar surface area (TPSA) is 66.0 Å². The molecular formula is C27H41NO5. The zero-order valence-electron chi connectivity index (χ0n) is 20.1. The molecule has 0 aliphatic carbocycles. The number of methoxy groups -OCH3 is 1. The van der Waals surface area contributed by atoms with E-state index < -0.39 is 0 Å². The second-order valence-corrected chi connectivity index (χ2v) is 7.03. The third kappa shape index (κ3) is 6.64. The maximum absolute atomic E-state index is 13.0. The van der Waals surface area contributed by atoms with Crippen molar-refractivity contribution in [2.45, 2.75) is 53.9 Å². The number of rotatable bonds is 5. The number of carbonyl (C=O) groups excluding carboxylic acids is 1. The Balaban J connectivity index is 0.00000103. The van der Waals surface area contributed by atoms with E-state index in [1.165, 1.54) is 0 Å². The van der Waals surface area contributed by atoms with Gasteiger partial charge >= 0.3 is 5.97 Å². The summed E-state index contributed by atoms with van der Waals surface area (Å²) in [4.78, 5) is 13.0. The van der Waals surface area contributed by atoms with Crippen LogP contribution in [0, 0.1) is 5.92 Å². The summed E-state index contributed by atoms with van der Waals surface area (Å²) in [5.41, 5.74) is 2.14. The Kier molecular flexibility index (Phi) is 12.4. The van der Waals surface area contributed by atoms with Crippen molar-refractivity contribution in [2.75, 3.05) is 33.6 Å². The molecule has 2 aliphatic heterocycles. The fourth-order valence-corrected chi connectivity index (χ4v) is 4.14. The van der Waals surface area contributed by atoms with Crippen LogP contribution in [0.5, 0.6) is 17.2 Å². The highest BCUT2D eigenvalue weighted by Gasteiger charge is 2.41. The largest absolute Gasteiger partial charge is 0.497 e. The number of hydrogen-bond donors (Lipinski definition) is 1. The molecule has 1 saturated heterocycles. The van der Waals surface area contributed by atoms with Crippen LogP contribution in [0.25, 0.3) is 0 Å². The molecule has 184 valence electrons. The number of nitrogens with one attached hydrogen (secondary N) is 1. The summed E-state index contributed by atoms with van der Waals surface area (Å²) in [6.07, 6.45) is 0. The Morgan fingerprint density at radius 3 is 2.12 bits per heavy atom. The summed E-state index contributed by atoms with van der Waals surface area (Å²) in [6, 6.07) is 13.8. The molecule has 4 rings (SSSR count). The van der Waals surface area contributed by atoms with Crippen molar-refractivity contribution in [2.24, 2.45) is 5.92 Å². The molecule has 0 aromatic heterocycles. The van der Waals surface area contributed by atoms with Gasteiger partial charge < -0.3 is 24.3 Å². The first kappa shape index (κ1) is 28.3. The van der Waals surface area contributed by atoms with Crippen molar-refractivity contribution >= 4 is 5.97 Å². The van der Waals surface area contributed by atoms with E-state index in [-0.39, 0.29) is 37.9 Å². The fraction of sp³-hybridized carbons (Fsp3) is 0.519. The molecule has 0 radical (unpaired) electrons. The Bertz CT molecular complexity index is 837. The first-order valence-electron chi connectivity index (χ1n) is 11.6. The molecule has 1 fully saturated rings. The minimum Gasteiger partial charge on any atom is -0.497 e. The predicted octanol–water partition coefficient (Wildman–Crippen LogP) is 5.76. The summed E-state index contributed by atoms with van der Waals surface area (Å²) in [7, 11) is 1.65. The molecule has 2 aromatic carbocycles. The quantitative estimate of drug-likeness (QED) is 0.573. The number of carbonyl (C=O) groups is 1. The number of fused-ring (bicyclic) bond motifs is 1. The van der Waals surface area contributed by atoms with Gasteiger partial charge in [-0.25, -0.2) is 0 Å². The number of benzene rings is 2. The predicted molar refractivity (Wildman–Crippen MR) is 133 cm³/mol. The Morgan fingerprint density at radius 2 is 1.52 bits per heavy atom. The van der Waals surface area contributed by atoms with Gasteiger partial charge in [0.1, 0.15) is 5.75 Å². The van der Waals surface area contributed by atoms with Gasteiger partial charge in [-0.05, 0) is 42.3 Å². The fourth-order valence-electron chi connectivity index (χ4n) is 4.14. The SMILES string of the molecule is C.CC.CC.CCOC(=O)C1C(c2ccc(OC)cc2)CNCC1c1ccc2c(c1)OCO2. The van der Waals surface area contributed by atoms with Crippen molar-refractivity contribution in [1.29, 1.82) is 0 Å². The molecule has 2 aliphatic rings. The van der Waals surface area contributed by atoms with Crippen LogP contribution in [0.2, 0.25) is 0 Å². The smallest absolute Gasteiger partial charge is 0.310 e. The Hall–Kier alpha value is -2.73. The number of esters is 1. The molecule has 0 spiro atoms. The minimum absolute atomic E-state index is 0. The molecular weight excluding hydrogens is 418 g/mol. The van der Waals surface area contributed by atoms with Gasteiger partial charge in [-0.1, -0.05) is 53.3 Å². The molecule has 6 nitrogen and oxygen atoms in total. The zero-order valence-corrected chi connectivity index (χ0v) is 20.1. The highest BCUT2D eigenvalue weighted by Crippen LogP contribution is 2.42. The first-order chi connectivity index (χ1) is 15.7. The molecule has 3 atom stereocenters. The molecule has 0 saturated carbocycles. The monoisotopic (exact) mass is 459 g/mol. The van der Waals surface area contributed by atoms with Crippen molar-refractivity contribution < 1.29 is 23.7 Å². The van der Waals surface area contributed by atoms with Crippen molar-refractivity contribution in [1.82, 2.24) is 5.32 Å². The zero-order chi connectivity index (χ0) is 23.5. The molecule has 2 aromatic rings. The minimum atomic E-state index is -0.282. The van der Waals surface area contributed by atoms with E-state index in [2.05, 4.69) is 5.32 Å². The van der Waals surface area contributed by atoms with Gasteiger partial charge in [-0.3, -0.25) is 4.79 Å². The first-order valence-corrected chi connectivity index (χ1v) is 11.6. The highest BCUT2D eigenvalue weighted by molar-refractivity contribution is 5.75. The van der Waals surface area contributed by atoms with E-state index in [1.54, 1.807) is 7.11 Å². The van der Waals surface area contributed by atoms with Gasteiger partial charge in [0.15, 0.2) is 11.5 Å². The summed E-state index contributed by atoms with van der Waals surface area (Å²) in [6.45, 7) is 11.9. The van der Waals surface area contributed by atoms with Crippen LogP contribution in [0.1, 0.15) is 65.0 Å². The Labute approximate surface area is 199 Å². The van der Waals surface area contributed by atoms with Gasteiger partial charge in [0.25, 0.3) is 0 Å². The molecule has 1 N–H and O–H groups in total. The van der Waals surface area contributed by atoms with Gasteiger partial charge in [0, 0.05) is 24.9 Å². The van der Waals surface area contributed by atoms with Gasteiger partial charge in [0.2, 0.25) is 6.79 Å². The summed E-state index contributed by atoms with van der Waals surface area (Å²) in [5.74, 6) is 1.82. The molecule has 2 heterocycles. The normalized spacial score (nSPS) is 20.1. The lowest BCUT2D eigenvalue weighted by molar-refractivity contribution is -0.150. The maximum Gasteiger partial charge on any atom is 0.310 e. The summed E-state index contributed by atoms with van der Waals surface area (Å²) < 4.78 is 21.7. The number of hydrogen-bond acceptors (Lipinski definition) is 6. The van der Waals surface area contributed by atoms with E-state index in [4.69, 9.17) is 18.9 Å². The average molecular weight is 460 g/mol. The van der Waals surface area contributed by atoms with Crippen molar-refractivity contribution in [3.05, 3.63) is 53.6 Å². The highest BCUT2D eigenvalue weighted by atomic mass is 16.7. The van der Waals surface area contributed by atoms with Crippen LogP contribution < -0.4 is 19.5 Å². The summed E-state index contributed by atoms with van der Waals surface area (Å²) >= 11 is 0. The van der Waals surface area contributed by atoms with E-state index in [1.807, 2.05) is 77.1 Å². The standard InChI is InChI=1S/C22H25NO5.2C2H6.CH4/c1-3-26-22(24)21-17(14-4-7-16(25-2)8-5-14)11-23-12-18(21)15-6-9-19-20(10-15)28-13-27-19;2*1-2;/h4-10,17-18,21,23H,3,11-13H2,1-2H3;2*1-2H3;1H4. The molecule has 0 amide bonds. The van der Waals surface area contributed by atoms with Gasteiger partial charge in [0.05, 0.1) is 19.6 Å². The molecule has 33 heavy (non-hydrogen) atoms. The number of ether oxygens (including phenoxy) is 4. The van der Waals surface area contributed by atoms with Crippen LogP contribution in [-0.2, 0) is 9.53 Å². The van der Waals surface area contributed by atoms with E-state index in [9.17, 15) is 4.79 Å². The molecule has 0 bridgehead atoms. The average Bonchev–Trinajstić information content (AvgIpc) is 3.34. The third-order valence-electron chi connectivity index (χ3n) is 5.52. The van der Waals surface area contributed by atoms with Crippen LogP contribution in [0.15, 0.2) is 42.5 Å². The van der Waals surface area contributed by atoms with Crippen LogP contribution in [0.4, 0.5) is 0 Å². The maximum atomic E-state index is 13.0. The van der Waals surface area contributed by atoms with Crippen molar-refractivity contribution in [3.8, 4) is 17.2 Å². The van der Waals surface area contributed by atoms with Crippen LogP contribution in [-0.4, -0.2) is 39.6 Å². The molecule has 3 unspecified atom stereocenters. The lowest BCUT2D eigenvalue weighted by Gasteiger charge is -2.37. The second kappa shape index (κ2) is 14.4.